The van der Waals surface area contributed by atoms with Gasteiger partial charge in [-0.1, -0.05) is 28.9 Å². The summed E-state index contributed by atoms with van der Waals surface area (Å²) in [6.45, 7) is 3.63. The molecule has 1 unspecified atom stereocenters. The lowest BCUT2D eigenvalue weighted by Crippen LogP contribution is -2.27. The summed E-state index contributed by atoms with van der Waals surface area (Å²) >= 11 is 9.21. The third kappa shape index (κ3) is 2.38. The van der Waals surface area contributed by atoms with E-state index < -0.39 is 0 Å². The van der Waals surface area contributed by atoms with Crippen molar-refractivity contribution < 1.29 is 4.52 Å². The lowest BCUT2D eigenvalue weighted by atomic mass is 10.1. The van der Waals surface area contributed by atoms with E-state index in [1.807, 2.05) is 19.1 Å². The first-order chi connectivity index (χ1) is 9.99. The summed E-state index contributed by atoms with van der Waals surface area (Å²) in [4.78, 5) is 12.6. The highest BCUT2D eigenvalue weighted by atomic mass is 79.9. The van der Waals surface area contributed by atoms with Gasteiger partial charge in [-0.05, 0) is 47.5 Å². The minimum atomic E-state index is -0.232. The van der Waals surface area contributed by atoms with Crippen LogP contribution in [0.3, 0.4) is 0 Å². The monoisotopic (exact) mass is 367 g/mol. The standard InChI is InChI=1S/C14H11BrClN3O2/c1-7-11-12(21-18-7)13(15)17-19(14(11)20)8(2)9-3-5-10(16)6-4-9/h3-6,8H,1-2H3. The van der Waals surface area contributed by atoms with E-state index in [9.17, 15) is 4.79 Å². The predicted octanol–water partition coefficient (Wildman–Crippen LogP) is 3.72. The molecule has 2 heterocycles. The van der Waals surface area contributed by atoms with Crippen LogP contribution in [0.25, 0.3) is 11.0 Å². The molecular formula is C14H11BrClN3O2. The van der Waals surface area contributed by atoms with Crippen LogP contribution in [0.15, 0.2) is 38.2 Å². The van der Waals surface area contributed by atoms with Gasteiger partial charge in [0.2, 0.25) is 5.58 Å². The minimum absolute atomic E-state index is 0.227. The Kier molecular flexibility index (Phi) is 3.59. The Morgan fingerprint density at radius 3 is 2.67 bits per heavy atom. The molecule has 0 aliphatic carbocycles. The average molecular weight is 369 g/mol. The van der Waals surface area contributed by atoms with Crippen LogP contribution in [0.1, 0.15) is 24.2 Å². The Morgan fingerprint density at radius 1 is 1.33 bits per heavy atom. The van der Waals surface area contributed by atoms with Gasteiger partial charge >= 0.3 is 0 Å². The van der Waals surface area contributed by atoms with Crippen molar-refractivity contribution >= 4 is 38.5 Å². The molecule has 3 rings (SSSR count). The number of hydrogen-bond acceptors (Lipinski definition) is 4. The van der Waals surface area contributed by atoms with E-state index in [2.05, 4.69) is 26.2 Å². The molecule has 0 bridgehead atoms. The molecule has 2 aromatic heterocycles. The lowest BCUT2D eigenvalue weighted by Gasteiger charge is -2.14. The topological polar surface area (TPSA) is 60.9 Å². The number of fused-ring (bicyclic) bond motifs is 1. The van der Waals surface area contributed by atoms with Crippen LogP contribution in [-0.4, -0.2) is 14.9 Å². The summed E-state index contributed by atoms with van der Waals surface area (Å²) in [6, 6.07) is 7.09. The van der Waals surface area contributed by atoms with Crippen LogP contribution in [0.5, 0.6) is 0 Å². The van der Waals surface area contributed by atoms with E-state index in [1.54, 1.807) is 19.1 Å². The van der Waals surface area contributed by atoms with Crippen LogP contribution in [-0.2, 0) is 0 Å². The van der Waals surface area contributed by atoms with Gasteiger partial charge in [-0.15, -0.1) is 0 Å². The molecule has 0 saturated heterocycles. The van der Waals surface area contributed by atoms with E-state index in [0.717, 1.165) is 5.56 Å². The average Bonchev–Trinajstić information content (AvgIpc) is 2.86. The van der Waals surface area contributed by atoms with Gasteiger partial charge in [-0.25, -0.2) is 4.68 Å². The highest BCUT2D eigenvalue weighted by molar-refractivity contribution is 9.10. The van der Waals surface area contributed by atoms with E-state index in [4.69, 9.17) is 16.1 Å². The van der Waals surface area contributed by atoms with Crippen molar-refractivity contribution in [3.05, 3.63) is 55.5 Å². The fourth-order valence-corrected chi connectivity index (χ4v) is 2.77. The quantitative estimate of drug-likeness (QED) is 0.691. The van der Waals surface area contributed by atoms with Crippen molar-refractivity contribution in [1.29, 1.82) is 0 Å². The maximum absolute atomic E-state index is 12.6. The van der Waals surface area contributed by atoms with Gasteiger partial charge in [0.1, 0.15) is 5.39 Å². The molecule has 0 radical (unpaired) electrons. The normalized spacial score (nSPS) is 12.8. The summed E-state index contributed by atoms with van der Waals surface area (Å²) in [6.07, 6.45) is 0. The molecule has 1 atom stereocenters. The number of halogens is 2. The molecule has 1 aromatic carbocycles. The molecular weight excluding hydrogens is 358 g/mol. The minimum Gasteiger partial charge on any atom is -0.353 e. The fourth-order valence-electron chi connectivity index (χ4n) is 2.21. The Balaban J connectivity index is 2.20. The second-order valence-corrected chi connectivity index (χ2v) is 5.93. The molecule has 0 aliphatic rings. The van der Waals surface area contributed by atoms with Crippen molar-refractivity contribution in [3.63, 3.8) is 0 Å². The van der Waals surface area contributed by atoms with Crippen molar-refractivity contribution in [3.8, 4) is 0 Å². The van der Waals surface area contributed by atoms with Gasteiger partial charge in [0, 0.05) is 5.02 Å². The van der Waals surface area contributed by atoms with E-state index in [0.29, 0.717) is 26.3 Å². The number of nitrogens with zero attached hydrogens (tertiary/aromatic N) is 3. The van der Waals surface area contributed by atoms with Gasteiger partial charge in [0.25, 0.3) is 5.56 Å². The lowest BCUT2D eigenvalue weighted by molar-refractivity contribution is 0.444. The van der Waals surface area contributed by atoms with Crippen LogP contribution >= 0.6 is 27.5 Å². The maximum atomic E-state index is 12.6. The smallest absolute Gasteiger partial charge is 0.280 e. The fraction of sp³-hybridized carbons (Fsp3) is 0.214. The van der Waals surface area contributed by atoms with Gasteiger partial charge in [-0.3, -0.25) is 4.79 Å². The zero-order chi connectivity index (χ0) is 15.1. The van der Waals surface area contributed by atoms with E-state index in [1.165, 1.54) is 4.68 Å². The van der Waals surface area contributed by atoms with Crippen molar-refractivity contribution in [2.24, 2.45) is 0 Å². The Bertz CT molecular complexity index is 870. The molecule has 0 spiro atoms. The van der Waals surface area contributed by atoms with Crippen molar-refractivity contribution in [1.82, 2.24) is 14.9 Å². The summed E-state index contributed by atoms with van der Waals surface area (Å²) in [7, 11) is 0. The largest absolute Gasteiger partial charge is 0.353 e. The van der Waals surface area contributed by atoms with Gasteiger partial charge in [0.05, 0.1) is 11.7 Å². The molecule has 0 aliphatic heterocycles. The zero-order valence-corrected chi connectivity index (χ0v) is 13.6. The molecule has 108 valence electrons. The first kappa shape index (κ1) is 14.3. The Labute approximate surface area is 133 Å². The van der Waals surface area contributed by atoms with Gasteiger partial charge in [0.15, 0.2) is 4.60 Å². The first-order valence-electron chi connectivity index (χ1n) is 6.29. The highest BCUT2D eigenvalue weighted by Gasteiger charge is 2.19. The molecule has 0 amide bonds. The number of rotatable bonds is 2. The molecule has 21 heavy (non-hydrogen) atoms. The van der Waals surface area contributed by atoms with Crippen LogP contribution in [0.4, 0.5) is 0 Å². The van der Waals surface area contributed by atoms with Crippen molar-refractivity contribution in [2.45, 2.75) is 19.9 Å². The van der Waals surface area contributed by atoms with E-state index in [-0.39, 0.29) is 11.6 Å². The molecule has 0 saturated carbocycles. The third-order valence-electron chi connectivity index (χ3n) is 3.39. The van der Waals surface area contributed by atoms with E-state index >= 15 is 0 Å². The second-order valence-electron chi connectivity index (χ2n) is 4.74. The number of hydrogen-bond donors (Lipinski definition) is 0. The zero-order valence-electron chi connectivity index (χ0n) is 11.3. The van der Waals surface area contributed by atoms with Crippen LogP contribution < -0.4 is 5.56 Å². The van der Waals surface area contributed by atoms with Crippen molar-refractivity contribution in [2.75, 3.05) is 0 Å². The molecule has 3 aromatic rings. The number of benzene rings is 1. The van der Waals surface area contributed by atoms with Crippen LogP contribution in [0.2, 0.25) is 5.02 Å². The molecule has 0 fully saturated rings. The van der Waals surface area contributed by atoms with Crippen LogP contribution in [0, 0.1) is 6.92 Å². The Hall–Kier alpha value is -1.66. The summed E-state index contributed by atoms with van der Waals surface area (Å²) < 4.78 is 7.00. The SMILES string of the molecule is Cc1noc2c(Br)nn(C(C)c3ccc(Cl)cc3)c(=O)c12. The summed E-state index contributed by atoms with van der Waals surface area (Å²) in [5, 5.41) is 9.19. The Morgan fingerprint density at radius 2 is 2.00 bits per heavy atom. The van der Waals surface area contributed by atoms with Gasteiger partial charge in [-0.2, -0.15) is 5.10 Å². The molecule has 7 heteroatoms. The third-order valence-corrected chi connectivity index (χ3v) is 4.16. The second kappa shape index (κ2) is 5.27. The number of aromatic nitrogens is 3. The number of aryl methyl sites for hydroxylation is 1. The van der Waals surface area contributed by atoms with Gasteiger partial charge < -0.3 is 4.52 Å². The predicted molar refractivity (Wildman–Crippen MR) is 83.8 cm³/mol. The maximum Gasteiger partial charge on any atom is 0.280 e. The molecule has 5 nitrogen and oxygen atoms in total. The summed E-state index contributed by atoms with van der Waals surface area (Å²) in [5.41, 5.74) is 1.64. The first-order valence-corrected chi connectivity index (χ1v) is 7.46. The summed E-state index contributed by atoms with van der Waals surface area (Å²) in [5.74, 6) is 0. The highest BCUT2D eigenvalue weighted by Crippen LogP contribution is 2.24. The molecule has 0 N–H and O–H groups in total.